The average Bonchev–Trinajstić information content (AvgIpc) is 1.93. The molecule has 0 bridgehead atoms. The summed E-state index contributed by atoms with van der Waals surface area (Å²) >= 11 is 0. The Morgan fingerprint density at radius 2 is 2.31 bits per heavy atom. The first-order valence-corrected chi connectivity index (χ1v) is 4.21. The van der Waals surface area contributed by atoms with Crippen LogP contribution in [0.4, 0.5) is 0 Å². The molecule has 0 aromatic heterocycles. The predicted molar refractivity (Wildman–Crippen MR) is 49.5 cm³/mol. The van der Waals surface area contributed by atoms with Crippen molar-refractivity contribution >= 4 is 0 Å². The molecule has 0 amide bonds. The minimum absolute atomic E-state index is 0.169. The van der Waals surface area contributed by atoms with Gasteiger partial charge in [0.2, 0.25) is 0 Å². The number of rotatable bonds is 1. The van der Waals surface area contributed by atoms with Gasteiger partial charge in [-0.1, -0.05) is 13.8 Å². The van der Waals surface area contributed by atoms with E-state index in [1.807, 2.05) is 11.9 Å². The maximum atomic E-state index is 10.2. The van der Waals surface area contributed by atoms with Crippen LogP contribution in [-0.2, 0) is 0 Å². The second kappa shape index (κ2) is 3.24. The van der Waals surface area contributed by atoms with Crippen LogP contribution in [-0.4, -0.2) is 30.0 Å². The zero-order valence-corrected chi connectivity index (χ0v) is 8.20. The number of hydrogen-bond donors (Lipinski definition) is 1. The van der Waals surface area contributed by atoms with Crippen molar-refractivity contribution in [2.45, 2.75) is 13.8 Å². The predicted octanol–water partition coefficient (Wildman–Crippen LogP) is 0.623. The van der Waals surface area contributed by atoms with Gasteiger partial charge in [-0.2, -0.15) is 0 Å². The van der Waals surface area contributed by atoms with Crippen LogP contribution in [0.1, 0.15) is 13.8 Å². The lowest BCUT2D eigenvalue weighted by Crippen LogP contribution is -2.48. The minimum atomic E-state index is -0.433. The first-order valence-electron chi connectivity index (χ1n) is 4.21. The summed E-state index contributed by atoms with van der Waals surface area (Å²) in [5.41, 5.74) is 0.169. The van der Waals surface area contributed by atoms with Crippen LogP contribution in [0.5, 0.6) is 0 Å². The summed E-state index contributed by atoms with van der Waals surface area (Å²) in [5.74, 6) is 0.587. The number of nitrogens with zero attached hydrogens (tertiary/aromatic N) is 2. The SMILES string of the molecule is CN1CC(C)(C)CN/C1=C\[N+](=O)[O-]. The highest BCUT2D eigenvalue weighted by Crippen LogP contribution is 2.21. The molecule has 5 heteroatoms. The maximum Gasteiger partial charge on any atom is 0.274 e. The van der Waals surface area contributed by atoms with Crippen molar-refractivity contribution in [1.82, 2.24) is 10.2 Å². The number of hydrogen-bond acceptors (Lipinski definition) is 4. The minimum Gasteiger partial charge on any atom is -0.366 e. The van der Waals surface area contributed by atoms with E-state index in [2.05, 4.69) is 19.2 Å². The first-order chi connectivity index (χ1) is 5.91. The van der Waals surface area contributed by atoms with E-state index in [1.165, 1.54) is 0 Å². The van der Waals surface area contributed by atoms with Gasteiger partial charge in [-0.05, 0) is 5.41 Å². The fraction of sp³-hybridized carbons (Fsp3) is 0.750. The van der Waals surface area contributed by atoms with Gasteiger partial charge in [0.25, 0.3) is 6.20 Å². The van der Waals surface area contributed by atoms with Crippen molar-refractivity contribution in [3.63, 3.8) is 0 Å². The standard InChI is InChI=1S/C8H15N3O2/c1-8(2)5-9-7(4-11(12)13)10(3)6-8/h4,9H,5-6H2,1-3H3/b7-4+. The highest BCUT2D eigenvalue weighted by molar-refractivity contribution is 5.00. The zero-order valence-electron chi connectivity index (χ0n) is 8.20. The molecule has 0 atom stereocenters. The molecule has 1 aliphatic rings. The first kappa shape index (κ1) is 9.83. The molecule has 0 aromatic rings. The summed E-state index contributed by atoms with van der Waals surface area (Å²) in [6, 6.07) is 0. The molecule has 0 radical (unpaired) electrons. The monoisotopic (exact) mass is 185 g/mol. The molecular formula is C8H15N3O2. The Labute approximate surface area is 77.6 Å². The largest absolute Gasteiger partial charge is 0.366 e. The number of nitrogens with one attached hydrogen (secondary N) is 1. The smallest absolute Gasteiger partial charge is 0.274 e. The highest BCUT2D eigenvalue weighted by atomic mass is 16.6. The summed E-state index contributed by atoms with van der Waals surface area (Å²) in [6.07, 6.45) is 1.01. The summed E-state index contributed by atoms with van der Waals surface area (Å²) in [4.78, 5) is 11.7. The molecule has 74 valence electrons. The summed E-state index contributed by atoms with van der Waals surface area (Å²) in [7, 11) is 1.85. The highest BCUT2D eigenvalue weighted by Gasteiger charge is 2.27. The Balaban J connectivity index is 2.69. The van der Waals surface area contributed by atoms with Crippen LogP contribution in [0.25, 0.3) is 0 Å². The molecule has 0 spiro atoms. The van der Waals surface area contributed by atoms with Crippen molar-refractivity contribution in [3.8, 4) is 0 Å². The van der Waals surface area contributed by atoms with Crippen molar-refractivity contribution in [3.05, 3.63) is 22.1 Å². The van der Waals surface area contributed by atoms with E-state index in [-0.39, 0.29) is 5.41 Å². The molecule has 13 heavy (non-hydrogen) atoms. The third-order valence-corrected chi connectivity index (χ3v) is 2.05. The molecule has 1 N–H and O–H groups in total. The third kappa shape index (κ3) is 2.61. The lowest BCUT2D eigenvalue weighted by molar-refractivity contribution is -0.404. The molecule has 0 aliphatic carbocycles. The van der Waals surface area contributed by atoms with Crippen LogP contribution in [0.3, 0.4) is 0 Å². The maximum absolute atomic E-state index is 10.2. The molecule has 1 heterocycles. The Bertz CT molecular complexity index is 248. The second-order valence-electron chi connectivity index (χ2n) is 4.17. The normalized spacial score (nSPS) is 24.2. The zero-order chi connectivity index (χ0) is 10.1. The Hall–Kier alpha value is -1.26. The Morgan fingerprint density at radius 1 is 1.69 bits per heavy atom. The van der Waals surface area contributed by atoms with Gasteiger partial charge in [0.05, 0.1) is 4.92 Å². The summed E-state index contributed by atoms with van der Waals surface area (Å²) < 4.78 is 0. The van der Waals surface area contributed by atoms with Crippen LogP contribution in [0.15, 0.2) is 12.0 Å². The van der Waals surface area contributed by atoms with Crippen molar-refractivity contribution in [2.75, 3.05) is 20.1 Å². The van der Waals surface area contributed by atoms with Gasteiger partial charge in [-0.3, -0.25) is 10.1 Å². The molecular weight excluding hydrogens is 170 g/mol. The fourth-order valence-corrected chi connectivity index (χ4v) is 1.49. The van der Waals surface area contributed by atoms with Crippen LogP contribution in [0.2, 0.25) is 0 Å². The molecule has 1 aliphatic heterocycles. The van der Waals surface area contributed by atoms with E-state index in [0.717, 1.165) is 19.3 Å². The van der Waals surface area contributed by atoms with Crippen LogP contribution >= 0.6 is 0 Å². The van der Waals surface area contributed by atoms with Crippen LogP contribution in [0, 0.1) is 15.5 Å². The summed E-state index contributed by atoms with van der Waals surface area (Å²) in [6.45, 7) is 5.86. The molecule has 1 fully saturated rings. The topological polar surface area (TPSA) is 58.4 Å². The van der Waals surface area contributed by atoms with E-state index in [1.54, 1.807) is 0 Å². The van der Waals surface area contributed by atoms with Gasteiger partial charge in [0, 0.05) is 20.1 Å². The van der Waals surface area contributed by atoms with E-state index in [0.29, 0.717) is 5.82 Å². The average molecular weight is 185 g/mol. The van der Waals surface area contributed by atoms with E-state index < -0.39 is 4.92 Å². The number of nitro groups is 1. The quantitative estimate of drug-likeness (QED) is 0.480. The second-order valence-corrected chi connectivity index (χ2v) is 4.17. The molecule has 1 rings (SSSR count). The Kier molecular flexibility index (Phi) is 2.45. The van der Waals surface area contributed by atoms with E-state index in [4.69, 9.17) is 0 Å². The molecule has 0 saturated carbocycles. The fourth-order valence-electron chi connectivity index (χ4n) is 1.49. The Morgan fingerprint density at radius 3 is 2.77 bits per heavy atom. The van der Waals surface area contributed by atoms with Gasteiger partial charge in [-0.15, -0.1) is 0 Å². The molecule has 0 unspecified atom stereocenters. The lowest BCUT2D eigenvalue weighted by Gasteiger charge is -2.38. The van der Waals surface area contributed by atoms with Gasteiger partial charge in [0.1, 0.15) is 0 Å². The van der Waals surface area contributed by atoms with Gasteiger partial charge < -0.3 is 10.2 Å². The van der Waals surface area contributed by atoms with E-state index >= 15 is 0 Å². The lowest BCUT2D eigenvalue weighted by atomic mass is 9.91. The third-order valence-electron chi connectivity index (χ3n) is 2.05. The van der Waals surface area contributed by atoms with Gasteiger partial charge in [0.15, 0.2) is 5.82 Å². The van der Waals surface area contributed by atoms with Crippen molar-refractivity contribution in [2.24, 2.45) is 5.41 Å². The van der Waals surface area contributed by atoms with Crippen LogP contribution < -0.4 is 5.32 Å². The van der Waals surface area contributed by atoms with Crippen molar-refractivity contribution < 1.29 is 4.92 Å². The van der Waals surface area contributed by atoms with Crippen molar-refractivity contribution in [1.29, 1.82) is 0 Å². The molecule has 0 aromatic carbocycles. The van der Waals surface area contributed by atoms with Gasteiger partial charge >= 0.3 is 0 Å². The van der Waals surface area contributed by atoms with Gasteiger partial charge in [-0.25, -0.2) is 0 Å². The molecule has 5 nitrogen and oxygen atoms in total. The summed E-state index contributed by atoms with van der Waals surface area (Å²) in [5, 5.41) is 13.3. The molecule has 1 saturated heterocycles. The van der Waals surface area contributed by atoms with E-state index in [9.17, 15) is 10.1 Å².